The predicted molar refractivity (Wildman–Crippen MR) is 96.6 cm³/mol. The molecule has 0 aliphatic carbocycles. The molecule has 0 unspecified atom stereocenters. The number of benzene rings is 1. The fourth-order valence-corrected chi connectivity index (χ4v) is 2.59. The van der Waals surface area contributed by atoms with Crippen LogP contribution in [-0.4, -0.2) is 51.0 Å². The minimum absolute atomic E-state index is 0.153. The van der Waals surface area contributed by atoms with E-state index >= 15 is 0 Å². The lowest BCUT2D eigenvalue weighted by molar-refractivity contribution is -0.155. The maximum absolute atomic E-state index is 12.6. The maximum Gasteiger partial charge on any atom is 0.326 e. The molecule has 2 aromatic rings. The summed E-state index contributed by atoms with van der Waals surface area (Å²) in [4.78, 5) is 25.7. The molecule has 0 fully saturated rings. The van der Waals surface area contributed by atoms with Crippen molar-refractivity contribution in [1.29, 1.82) is 0 Å². The van der Waals surface area contributed by atoms with Crippen LogP contribution in [0, 0.1) is 6.92 Å². The molecule has 0 spiro atoms. The second kappa shape index (κ2) is 7.35. The summed E-state index contributed by atoms with van der Waals surface area (Å²) in [5, 5.41) is 8.03. The highest BCUT2D eigenvalue weighted by Crippen LogP contribution is 2.18. The van der Waals surface area contributed by atoms with Crippen LogP contribution >= 0.6 is 15.9 Å². The lowest BCUT2D eigenvalue weighted by Gasteiger charge is -2.22. The summed E-state index contributed by atoms with van der Waals surface area (Å²) >= 11 is 3.41. The molecule has 0 saturated heterocycles. The lowest BCUT2D eigenvalue weighted by atomic mass is 10.2. The van der Waals surface area contributed by atoms with Crippen molar-refractivity contribution < 1.29 is 14.3 Å². The van der Waals surface area contributed by atoms with E-state index in [-0.39, 0.29) is 18.1 Å². The molecular formula is C17H21BrN4O3. The number of carbonyl (C=O) groups excluding carboxylic acids is 2. The highest BCUT2D eigenvalue weighted by Gasteiger charge is 2.24. The Bertz CT molecular complexity index is 795. The smallest absolute Gasteiger partial charge is 0.326 e. The predicted octanol–water partition coefficient (Wildman–Crippen LogP) is 2.75. The summed E-state index contributed by atoms with van der Waals surface area (Å²) in [6.45, 7) is 6.94. The minimum atomic E-state index is -0.597. The van der Waals surface area contributed by atoms with Gasteiger partial charge >= 0.3 is 5.97 Å². The van der Waals surface area contributed by atoms with Gasteiger partial charge in [0, 0.05) is 11.5 Å². The second-order valence-electron chi connectivity index (χ2n) is 6.66. The number of ether oxygens (including phenoxy) is 1. The van der Waals surface area contributed by atoms with E-state index in [2.05, 4.69) is 26.2 Å². The van der Waals surface area contributed by atoms with E-state index in [4.69, 9.17) is 4.74 Å². The second-order valence-corrected chi connectivity index (χ2v) is 7.58. The first-order valence-corrected chi connectivity index (χ1v) is 8.53. The van der Waals surface area contributed by atoms with E-state index in [0.717, 1.165) is 10.2 Å². The Morgan fingerprint density at radius 1 is 1.32 bits per heavy atom. The van der Waals surface area contributed by atoms with Crippen molar-refractivity contribution in [3.8, 4) is 5.69 Å². The van der Waals surface area contributed by atoms with Crippen LogP contribution in [-0.2, 0) is 9.53 Å². The van der Waals surface area contributed by atoms with E-state index in [1.54, 1.807) is 32.4 Å². The average Bonchev–Trinajstić information content (AvgIpc) is 2.86. The van der Waals surface area contributed by atoms with Crippen LogP contribution in [0.15, 0.2) is 28.7 Å². The average molecular weight is 409 g/mol. The number of amides is 1. The Morgan fingerprint density at radius 2 is 2.00 bits per heavy atom. The first-order chi connectivity index (χ1) is 11.6. The van der Waals surface area contributed by atoms with Crippen LogP contribution in [0.3, 0.4) is 0 Å². The van der Waals surface area contributed by atoms with Crippen LogP contribution in [0.5, 0.6) is 0 Å². The minimum Gasteiger partial charge on any atom is -0.459 e. The molecule has 0 aliphatic heterocycles. The van der Waals surface area contributed by atoms with E-state index in [0.29, 0.717) is 5.69 Å². The SMILES string of the molecule is Cc1c(C(=O)N(C)CC(=O)OC(C)(C)C)nnn1-c1cccc(Br)c1. The van der Waals surface area contributed by atoms with Gasteiger partial charge in [-0.05, 0) is 45.9 Å². The number of hydrogen-bond acceptors (Lipinski definition) is 5. The molecule has 1 aromatic carbocycles. The summed E-state index contributed by atoms with van der Waals surface area (Å²) in [6.07, 6.45) is 0. The summed E-state index contributed by atoms with van der Waals surface area (Å²) in [5.74, 6) is -0.856. The highest BCUT2D eigenvalue weighted by atomic mass is 79.9. The number of carbonyl (C=O) groups is 2. The van der Waals surface area contributed by atoms with E-state index in [9.17, 15) is 9.59 Å². The summed E-state index contributed by atoms with van der Waals surface area (Å²) in [6, 6.07) is 7.51. The molecule has 1 heterocycles. The van der Waals surface area contributed by atoms with Gasteiger partial charge in [0.2, 0.25) is 0 Å². The zero-order valence-electron chi connectivity index (χ0n) is 14.9. The van der Waals surface area contributed by atoms with E-state index < -0.39 is 11.6 Å². The monoisotopic (exact) mass is 408 g/mol. The molecule has 134 valence electrons. The fraction of sp³-hybridized carbons (Fsp3) is 0.412. The first kappa shape index (κ1) is 19.1. The van der Waals surface area contributed by atoms with Gasteiger partial charge in [0.15, 0.2) is 5.69 Å². The van der Waals surface area contributed by atoms with Crippen molar-refractivity contribution in [1.82, 2.24) is 19.9 Å². The molecule has 2 rings (SSSR count). The molecule has 0 atom stereocenters. The zero-order valence-corrected chi connectivity index (χ0v) is 16.5. The zero-order chi connectivity index (χ0) is 18.8. The van der Waals surface area contributed by atoms with Crippen molar-refractivity contribution >= 4 is 27.8 Å². The van der Waals surface area contributed by atoms with Crippen molar-refractivity contribution in [3.05, 3.63) is 40.1 Å². The molecule has 1 amide bonds. The summed E-state index contributed by atoms with van der Waals surface area (Å²) in [5.41, 5.74) is 0.985. The number of aromatic nitrogens is 3. The van der Waals surface area contributed by atoms with Gasteiger partial charge in [-0.25, -0.2) is 4.68 Å². The Hall–Kier alpha value is -2.22. The number of rotatable bonds is 4. The third-order valence-electron chi connectivity index (χ3n) is 3.28. The van der Waals surface area contributed by atoms with Gasteiger partial charge in [-0.1, -0.05) is 27.2 Å². The van der Waals surface area contributed by atoms with E-state index in [1.807, 2.05) is 24.3 Å². The van der Waals surface area contributed by atoms with Crippen LogP contribution in [0.4, 0.5) is 0 Å². The molecule has 0 N–H and O–H groups in total. The fourth-order valence-electron chi connectivity index (χ4n) is 2.20. The van der Waals surface area contributed by atoms with Crippen LogP contribution in [0.2, 0.25) is 0 Å². The number of halogens is 1. The topological polar surface area (TPSA) is 77.3 Å². The van der Waals surface area contributed by atoms with Gasteiger partial charge in [-0.15, -0.1) is 5.10 Å². The molecule has 7 nitrogen and oxygen atoms in total. The van der Waals surface area contributed by atoms with Crippen molar-refractivity contribution in [2.75, 3.05) is 13.6 Å². The molecule has 25 heavy (non-hydrogen) atoms. The number of nitrogens with zero attached hydrogens (tertiary/aromatic N) is 4. The van der Waals surface area contributed by atoms with Crippen LogP contribution in [0.1, 0.15) is 37.0 Å². The van der Waals surface area contributed by atoms with Gasteiger partial charge in [0.05, 0.1) is 11.4 Å². The van der Waals surface area contributed by atoms with Gasteiger partial charge in [0.1, 0.15) is 12.1 Å². The summed E-state index contributed by atoms with van der Waals surface area (Å²) < 4.78 is 7.71. The molecule has 0 saturated carbocycles. The lowest BCUT2D eigenvalue weighted by Crippen LogP contribution is -2.36. The Morgan fingerprint density at radius 3 is 2.60 bits per heavy atom. The molecule has 1 aromatic heterocycles. The molecule has 0 radical (unpaired) electrons. The largest absolute Gasteiger partial charge is 0.459 e. The van der Waals surface area contributed by atoms with Gasteiger partial charge in [-0.3, -0.25) is 9.59 Å². The number of likely N-dealkylation sites (N-methyl/N-ethyl adjacent to an activating group) is 1. The highest BCUT2D eigenvalue weighted by molar-refractivity contribution is 9.10. The molecule has 8 heteroatoms. The third kappa shape index (κ3) is 4.88. The quantitative estimate of drug-likeness (QED) is 0.726. The van der Waals surface area contributed by atoms with Gasteiger partial charge in [-0.2, -0.15) is 0 Å². The van der Waals surface area contributed by atoms with Gasteiger partial charge in [0.25, 0.3) is 5.91 Å². The van der Waals surface area contributed by atoms with Crippen molar-refractivity contribution in [3.63, 3.8) is 0 Å². The molecule has 0 bridgehead atoms. The number of esters is 1. The molecule has 0 aliphatic rings. The molecular weight excluding hydrogens is 388 g/mol. The van der Waals surface area contributed by atoms with Gasteiger partial charge < -0.3 is 9.64 Å². The van der Waals surface area contributed by atoms with Crippen molar-refractivity contribution in [2.24, 2.45) is 0 Å². The Balaban J connectivity index is 2.16. The third-order valence-corrected chi connectivity index (χ3v) is 3.78. The van der Waals surface area contributed by atoms with Crippen LogP contribution < -0.4 is 0 Å². The maximum atomic E-state index is 12.6. The Labute approximate surface area is 155 Å². The Kier molecular flexibility index (Phi) is 5.62. The van der Waals surface area contributed by atoms with E-state index in [1.165, 1.54) is 11.9 Å². The first-order valence-electron chi connectivity index (χ1n) is 7.74. The van der Waals surface area contributed by atoms with Crippen LogP contribution in [0.25, 0.3) is 5.69 Å². The normalized spacial score (nSPS) is 11.3. The number of hydrogen-bond donors (Lipinski definition) is 0. The summed E-state index contributed by atoms with van der Waals surface area (Å²) in [7, 11) is 1.53. The van der Waals surface area contributed by atoms with Crippen molar-refractivity contribution in [2.45, 2.75) is 33.3 Å². The standard InChI is InChI=1S/C17H21BrN4O3/c1-11-15(16(24)21(5)10-14(23)25-17(2,3)4)19-20-22(11)13-8-6-7-12(18)9-13/h6-9H,10H2,1-5H3.